The minimum absolute atomic E-state index is 0.331. The summed E-state index contributed by atoms with van der Waals surface area (Å²) in [5, 5.41) is 8.38. The molecule has 0 aliphatic heterocycles. The number of rotatable bonds is 1. The summed E-state index contributed by atoms with van der Waals surface area (Å²) in [5.41, 5.74) is 0.331. The monoisotopic (exact) mass is 359 g/mol. The summed E-state index contributed by atoms with van der Waals surface area (Å²) >= 11 is 0.500. The second-order valence-electron chi connectivity index (χ2n) is 1.67. The molecule has 1 aromatic rings. The number of aromatic carboxylic acids is 1. The molecular weight excluding hydrogens is 352 g/mol. The fraction of sp³-hybridized carbons (Fsp3) is 0. The summed E-state index contributed by atoms with van der Waals surface area (Å²) in [6.45, 7) is 0. The van der Waals surface area contributed by atoms with Crippen LogP contribution in [0.4, 0.5) is 0 Å². The van der Waals surface area contributed by atoms with E-state index in [0.29, 0.717) is 30.5 Å². The average Bonchev–Trinajstić information content (AvgIpc) is 2.10. The molecule has 11 heavy (non-hydrogen) atoms. The first kappa shape index (κ1) is 10.9. The van der Waals surface area contributed by atoms with Crippen molar-refractivity contribution < 1.29 is 34.8 Å². The third-order valence-corrected chi connectivity index (χ3v) is 1.02. The zero-order valence-corrected chi connectivity index (χ0v) is 12.1. The van der Waals surface area contributed by atoms with Crippen molar-refractivity contribution in [1.82, 2.24) is 0 Å². The van der Waals surface area contributed by atoms with E-state index in [9.17, 15) is 4.79 Å². The molecule has 0 aliphatic carbocycles. The molecule has 2 nitrogen and oxygen atoms in total. The number of benzene rings is 1. The molecule has 0 unspecified atom stereocenters. The van der Waals surface area contributed by atoms with Gasteiger partial charge in [0.05, 0.1) is 5.56 Å². The standard InChI is InChI=1S/C7H6O2.ClH.Hg/c8-7(9)6-4-2-1-3-5-6;;/h1-5H,(H,8,9);1H;/q;;+1/p-1. The van der Waals surface area contributed by atoms with Crippen molar-refractivity contribution in [1.29, 1.82) is 0 Å². The first-order valence-electron chi connectivity index (χ1n) is 2.86. The van der Waals surface area contributed by atoms with Crippen molar-refractivity contribution in [3.63, 3.8) is 0 Å². The van der Waals surface area contributed by atoms with Crippen LogP contribution in [0.25, 0.3) is 0 Å². The Bertz CT molecular complexity index is 213. The topological polar surface area (TPSA) is 37.3 Å². The van der Waals surface area contributed by atoms with Crippen LogP contribution in [-0.2, 0) is 24.9 Å². The van der Waals surface area contributed by atoms with Gasteiger partial charge in [-0.05, 0) is 12.1 Å². The quantitative estimate of drug-likeness (QED) is 0.781. The van der Waals surface area contributed by atoms with Crippen molar-refractivity contribution >= 4 is 14.2 Å². The molecule has 0 fully saturated rings. The van der Waals surface area contributed by atoms with Gasteiger partial charge in [-0.3, -0.25) is 0 Å². The van der Waals surface area contributed by atoms with Gasteiger partial charge in [0.2, 0.25) is 0 Å². The molecule has 0 atom stereocenters. The molecule has 0 saturated carbocycles. The van der Waals surface area contributed by atoms with Crippen molar-refractivity contribution in [2.45, 2.75) is 0 Å². The molecule has 0 spiro atoms. The summed E-state index contributed by atoms with van der Waals surface area (Å²) in [6, 6.07) is 8.30. The van der Waals surface area contributed by atoms with Crippen LogP contribution in [0.2, 0.25) is 0 Å². The fourth-order valence-corrected chi connectivity index (χ4v) is 0.581. The van der Waals surface area contributed by atoms with E-state index < -0.39 is 5.97 Å². The SMILES string of the molecule is O=C(O)c1ccccc1.[Cl][Hg]. The zero-order valence-electron chi connectivity index (χ0n) is 5.83. The van der Waals surface area contributed by atoms with Crippen molar-refractivity contribution in [2.24, 2.45) is 0 Å². The average molecular weight is 358 g/mol. The molecular formula is C7H6ClHgO2. The molecule has 0 aromatic heterocycles. The first-order chi connectivity index (χ1) is 5.30. The van der Waals surface area contributed by atoms with E-state index in [2.05, 4.69) is 0 Å². The second-order valence-corrected chi connectivity index (χ2v) is 1.67. The van der Waals surface area contributed by atoms with Gasteiger partial charge >= 0.3 is 39.1 Å². The van der Waals surface area contributed by atoms with Crippen LogP contribution in [0.3, 0.4) is 0 Å². The Hall–Kier alpha value is -0.0849. The molecule has 0 saturated heterocycles. The van der Waals surface area contributed by atoms with Gasteiger partial charge in [-0.2, -0.15) is 0 Å². The van der Waals surface area contributed by atoms with Gasteiger partial charge in [0.25, 0.3) is 0 Å². The normalized spacial score (nSPS) is 7.91. The molecule has 4 heteroatoms. The summed E-state index contributed by atoms with van der Waals surface area (Å²) < 4.78 is 0. The Kier molecular flexibility index (Phi) is 6.56. The van der Waals surface area contributed by atoms with Gasteiger partial charge in [0.15, 0.2) is 0 Å². The molecule has 0 radical (unpaired) electrons. The van der Waals surface area contributed by atoms with Crippen molar-refractivity contribution in [2.75, 3.05) is 0 Å². The van der Waals surface area contributed by atoms with Crippen molar-refractivity contribution in [3.05, 3.63) is 35.9 Å². The first-order valence-corrected chi connectivity index (χ1v) is 9.62. The molecule has 0 aliphatic rings. The maximum absolute atomic E-state index is 10.2. The number of hydrogen-bond acceptors (Lipinski definition) is 1. The Morgan fingerprint density at radius 1 is 1.27 bits per heavy atom. The molecule has 55 valence electrons. The number of hydrogen-bond donors (Lipinski definition) is 1. The number of carbonyl (C=O) groups is 1. The zero-order chi connectivity index (χ0) is 8.69. The Morgan fingerprint density at radius 2 is 1.73 bits per heavy atom. The summed E-state index contributed by atoms with van der Waals surface area (Å²) in [6.07, 6.45) is 0. The predicted octanol–water partition coefficient (Wildman–Crippen LogP) is 2.07. The van der Waals surface area contributed by atoms with Crippen LogP contribution < -0.4 is 0 Å². The molecule has 0 amide bonds. The second kappa shape index (κ2) is 6.61. The van der Waals surface area contributed by atoms with E-state index in [4.69, 9.17) is 13.4 Å². The third kappa shape index (κ3) is 4.38. The van der Waals surface area contributed by atoms with E-state index in [-0.39, 0.29) is 0 Å². The Balaban J connectivity index is 0.000000461. The Morgan fingerprint density at radius 3 is 2.00 bits per heavy atom. The van der Waals surface area contributed by atoms with E-state index in [1.54, 1.807) is 30.3 Å². The molecule has 0 heterocycles. The minimum atomic E-state index is -0.879. The van der Waals surface area contributed by atoms with Gasteiger partial charge < -0.3 is 5.11 Å². The maximum atomic E-state index is 10.2. The molecule has 1 N–H and O–H groups in total. The van der Waals surface area contributed by atoms with Gasteiger partial charge in [0, 0.05) is 0 Å². The van der Waals surface area contributed by atoms with Crippen LogP contribution in [0, 0.1) is 0 Å². The van der Waals surface area contributed by atoms with E-state index in [1.165, 1.54) is 0 Å². The summed E-state index contributed by atoms with van der Waals surface area (Å²) in [7, 11) is 4.83. The molecule has 1 rings (SSSR count). The number of carboxylic acid groups (broad SMARTS) is 1. The van der Waals surface area contributed by atoms with E-state index in [0.717, 1.165) is 0 Å². The fourth-order valence-electron chi connectivity index (χ4n) is 0.581. The van der Waals surface area contributed by atoms with Crippen molar-refractivity contribution in [3.8, 4) is 0 Å². The van der Waals surface area contributed by atoms with Crippen LogP contribution in [-0.4, -0.2) is 11.1 Å². The van der Waals surface area contributed by atoms with E-state index in [1.807, 2.05) is 0 Å². The van der Waals surface area contributed by atoms with Gasteiger partial charge in [0.1, 0.15) is 0 Å². The van der Waals surface area contributed by atoms with Crippen LogP contribution in [0.1, 0.15) is 10.4 Å². The summed E-state index contributed by atoms with van der Waals surface area (Å²) in [5.74, 6) is -0.879. The number of halogens is 1. The van der Waals surface area contributed by atoms with Gasteiger partial charge in [-0.15, -0.1) is 0 Å². The molecule has 0 bridgehead atoms. The number of carboxylic acids is 1. The van der Waals surface area contributed by atoms with Crippen LogP contribution in [0.15, 0.2) is 30.3 Å². The van der Waals surface area contributed by atoms with Gasteiger partial charge in [-0.1, -0.05) is 18.2 Å². The third-order valence-electron chi connectivity index (χ3n) is 1.02. The van der Waals surface area contributed by atoms with Gasteiger partial charge in [-0.25, -0.2) is 4.79 Å². The summed E-state index contributed by atoms with van der Waals surface area (Å²) in [4.78, 5) is 10.2. The van der Waals surface area contributed by atoms with Crippen LogP contribution in [0.5, 0.6) is 0 Å². The predicted molar refractivity (Wildman–Crippen MR) is 39.3 cm³/mol. The van der Waals surface area contributed by atoms with E-state index >= 15 is 0 Å². The molecule has 1 aromatic carbocycles. The van der Waals surface area contributed by atoms with Crippen LogP contribution >= 0.6 is 8.25 Å². The Labute approximate surface area is 84.6 Å².